The summed E-state index contributed by atoms with van der Waals surface area (Å²) in [6, 6.07) is 6.38. The van der Waals surface area contributed by atoms with Crippen LogP contribution in [0.15, 0.2) is 22.7 Å². The summed E-state index contributed by atoms with van der Waals surface area (Å²) in [4.78, 5) is 15.1. The average Bonchev–Trinajstić information content (AvgIpc) is 2.59. The van der Waals surface area contributed by atoms with E-state index < -0.39 is 0 Å². The van der Waals surface area contributed by atoms with E-state index in [4.69, 9.17) is 4.74 Å². The SMILES string of the molecule is CC1(C)CCc2cc(Br)ccc2[C@@H]1NC(=O)O[C@@H]1CN2CCC1CC2. The van der Waals surface area contributed by atoms with Crippen LogP contribution in [0.3, 0.4) is 0 Å². The third kappa shape index (κ3) is 3.45. The molecule has 1 aliphatic carbocycles. The second-order valence-electron chi connectivity index (χ2n) is 8.49. The van der Waals surface area contributed by atoms with Gasteiger partial charge in [-0.25, -0.2) is 4.79 Å². The number of nitrogens with zero attached hydrogens (tertiary/aromatic N) is 1. The summed E-state index contributed by atoms with van der Waals surface area (Å²) in [5.41, 5.74) is 2.57. The molecule has 136 valence electrons. The predicted octanol–water partition coefficient (Wildman–Crippen LogP) is 4.28. The molecule has 3 fully saturated rings. The van der Waals surface area contributed by atoms with Crippen molar-refractivity contribution in [1.29, 1.82) is 0 Å². The molecule has 3 saturated heterocycles. The second-order valence-corrected chi connectivity index (χ2v) is 9.41. The standard InChI is InChI=1S/C20H27BrN2O2/c1-20(2)8-5-14-11-15(21)3-4-16(14)18(20)22-19(24)25-17-12-23-9-6-13(17)7-10-23/h3-4,11,13,17-18H,5-10,12H2,1-2H3,(H,22,24)/t17-,18+/m1/s1. The van der Waals surface area contributed by atoms with Gasteiger partial charge in [0.05, 0.1) is 6.04 Å². The first-order chi connectivity index (χ1) is 11.9. The summed E-state index contributed by atoms with van der Waals surface area (Å²) >= 11 is 3.56. The maximum atomic E-state index is 12.7. The van der Waals surface area contributed by atoms with Gasteiger partial charge >= 0.3 is 6.09 Å². The normalized spacial score (nSPS) is 32.8. The van der Waals surface area contributed by atoms with Gasteiger partial charge in [0.15, 0.2) is 0 Å². The summed E-state index contributed by atoms with van der Waals surface area (Å²) < 4.78 is 6.96. The number of carbonyl (C=O) groups excluding carboxylic acids is 1. The summed E-state index contributed by atoms with van der Waals surface area (Å²) in [7, 11) is 0. The third-order valence-electron chi connectivity index (χ3n) is 6.35. The molecular weight excluding hydrogens is 380 g/mol. The first-order valence-electron chi connectivity index (χ1n) is 9.40. The molecule has 1 aromatic carbocycles. The van der Waals surface area contributed by atoms with Crippen LogP contribution in [0, 0.1) is 11.3 Å². The van der Waals surface area contributed by atoms with Gasteiger partial charge in [0.25, 0.3) is 0 Å². The Bertz CT molecular complexity index is 668. The molecule has 4 nitrogen and oxygen atoms in total. The van der Waals surface area contributed by atoms with Gasteiger partial charge in [0.1, 0.15) is 6.10 Å². The molecule has 25 heavy (non-hydrogen) atoms. The zero-order valence-corrected chi connectivity index (χ0v) is 16.6. The molecule has 2 atom stereocenters. The number of hydrogen-bond acceptors (Lipinski definition) is 3. The quantitative estimate of drug-likeness (QED) is 0.796. The lowest BCUT2D eigenvalue weighted by Crippen LogP contribution is -2.53. The number of benzene rings is 1. The van der Waals surface area contributed by atoms with Crippen LogP contribution in [-0.4, -0.2) is 36.7 Å². The van der Waals surface area contributed by atoms with E-state index in [2.05, 4.69) is 58.2 Å². The molecule has 3 aliphatic heterocycles. The highest BCUT2D eigenvalue weighted by Gasteiger charge is 2.40. The topological polar surface area (TPSA) is 41.6 Å². The number of halogens is 1. The first-order valence-corrected chi connectivity index (χ1v) is 10.2. The number of piperidine rings is 3. The van der Waals surface area contributed by atoms with Crippen LogP contribution in [0.4, 0.5) is 4.79 Å². The van der Waals surface area contributed by atoms with Crippen LogP contribution in [-0.2, 0) is 11.2 Å². The maximum Gasteiger partial charge on any atom is 0.407 e. The Morgan fingerprint density at radius 2 is 2.08 bits per heavy atom. The van der Waals surface area contributed by atoms with Gasteiger partial charge in [-0.1, -0.05) is 35.8 Å². The molecule has 4 aliphatic rings. The second kappa shape index (κ2) is 6.58. The zero-order valence-electron chi connectivity index (χ0n) is 15.1. The monoisotopic (exact) mass is 406 g/mol. The Labute approximate surface area is 158 Å². The number of fused-ring (bicyclic) bond motifs is 4. The van der Waals surface area contributed by atoms with Gasteiger partial charge in [-0.3, -0.25) is 4.90 Å². The summed E-state index contributed by atoms with van der Waals surface area (Å²) in [5, 5.41) is 3.20. The number of ether oxygens (including phenoxy) is 1. The highest BCUT2D eigenvalue weighted by molar-refractivity contribution is 9.10. The van der Waals surface area contributed by atoms with Crippen molar-refractivity contribution in [3.63, 3.8) is 0 Å². The highest BCUT2D eigenvalue weighted by Crippen LogP contribution is 2.44. The fourth-order valence-electron chi connectivity index (χ4n) is 4.70. The molecule has 1 aromatic rings. The lowest BCUT2D eigenvalue weighted by Gasteiger charge is -2.44. The molecule has 0 spiro atoms. The molecule has 0 unspecified atom stereocenters. The van der Waals surface area contributed by atoms with Crippen LogP contribution >= 0.6 is 15.9 Å². The van der Waals surface area contributed by atoms with Gasteiger partial charge in [-0.2, -0.15) is 0 Å². The van der Waals surface area contributed by atoms with Crippen molar-refractivity contribution >= 4 is 22.0 Å². The van der Waals surface area contributed by atoms with Crippen molar-refractivity contribution in [3.8, 4) is 0 Å². The van der Waals surface area contributed by atoms with Crippen molar-refractivity contribution in [2.75, 3.05) is 19.6 Å². The Hall–Kier alpha value is -1.07. The van der Waals surface area contributed by atoms with Gasteiger partial charge in [-0.15, -0.1) is 0 Å². The summed E-state index contributed by atoms with van der Waals surface area (Å²) in [5.74, 6) is 0.540. The number of nitrogens with one attached hydrogen (secondary N) is 1. The van der Waals surface area contributed by atoms with Crippen LogP contribution in [0.25, 0.3) is 0 Å². The smallest absolute Gasteiger partial charge is 0.407 e. The molecule has 0 radical (unpaired) electrons. The Kier molecular flexibility index (Phi) is 4.57. The maximum absolute atomic E-state index is 12.7. The van der Waals surface area contributed by atoms with Crippen LogP contribution in [0.1, 0.15) is 50.3 Å². The Morgan fingerprint density at radius 3 is 2.76 bits per heavy atom. The van der Waals surface area contributed by atoms with Crippen molar-refractivity contribution in [1.82, 2.24) is 10.2 Å². The Balaban J connectivity index is 1.48. The third-order valence-corrected chi connectivity index (χ3v) is 6.85. The lowest BCUT2D eigenvalue weighted by atomic mass is 9.70. The number of rotatable bonds is 2. The number of amides is 1. The van der Waals surface area contributed by atoms with Crippen molar-refractivity contribution in [3.05, 3.63) is 33.8 Å². The zero-order chi connectivity index (χ0) is 17.6. The summed E-state index contributed by atoms with van der Waals surface area (Å²) in [6.07, 6.45) is 4.22. The number of hydrogen-bond donors (Lipinski definition) is 1. The summed E-state index contributed by atoms with van der Waals surface area (Å²) in [6.45, 7) is 7.68. The number of carbonyl (C=O) groups is 1. The van der Waals surface area contributed by atoms with E-state index in [0.717, 1.165) is 49.8 Å². The molecule has 1 amide bonds. The first kappa shape index (κ1) is 17.3. The van der Waals surface area contributed by atoms with E-state index >= 15 is 0 Å². The van der Waals surface area contributed by atoms with Crippen LogP contribution in [0.5, 0.6) is 0 Å². The molecule has 5 heteroatoms. The lowest BCUT2D eigenvalue weighted by molar-refractivity contribution is -0.0353. The van der Waals surface area contributed by atoms with E-state index in [1.54, 1.807) is 0 Å². The molecule has 3 heterocycles. The molecule has 1 N–H and O–H groups in total. The van der Waals surface area contributed by atoms with Crippen molar-refractivity contribution in [2.45, 2.75) is 51.7 Å². The van der Waals surface area contributed by atoms with E-state index in [-0.39, 0.29) is 23.7 Å². The minimum atomic E-state index is -0.257. The fraction of sp³-hybridized carbons (Fsp3) is 0.650. The largest absolute Gasteiger partial charge is 0.445 e. The van der Waals surface area contributed by atoms with Gasteiger partial charge < -0.3 is 10.1 Å². The molecule has 0 saturated carbocycles. The van der Waals surface area contributed by atoms with Gasteiger partial charge in [-0.05, 0) is 73.4 Å². The highest BCUT2D eigenvalue weighted by atomic mass is 79.9. The van der Waals surface area contributed by atoms with Crippen LogP contribution < -0.4 is 5.32 Å². The minimum Gasteiger partial charge on any atom is -0.445 e. The molecule has 5 rings (SSSR count). The Morgan fingerprint density at radius 1 is 1.32 bits per heavy atom. The van der Waals surface area contributed by atoms with Crippen molar-refractivity contribution < 1.29 is 9.53 Å². The van der Waals surface area contributed by atoms with Crippen molar-refractivity contribution in [2.24, 2.45) is 11.3 Å². The molecule has 0 aromatic heterocycles. The minimum absolute atomic E-state index is 0.00191. The van der Waals surface area contributed by atoms with E-state index in [9.17, 15) is 4.79 Å². The molecule has 2 bridgehead atoms. The average molecular weight is 407 g/mol. The number of alkyl carbamates (subject to hydrolysis) is 1. The fourth-order valence-corrected chi connectivity index (χ4v) is 5.11. The van der Waals surface area contributed by atoms with E-state index in [0.29, 0.717) is 5.92 Å². The van der Waals surface area contributed by atoms with Gasteiger partial charge in [0, 0.05) is 11.0 Å². The predicted molar refractivity (Wildman–Crippen MR) is 102 cm³/mol. The van der Waals surface area contributed by atoms with E-state index in [1.807, 2.05) is 0 Å². The van der Waals surface area contributed by atoms with E-state index in [1.165, 1.54) is 11.1 Å². The van der Waals surface area contributed by atoms with Gasteiger partial charge in [0.2, 0.25) is 0 Å². The molecular formula is C20H27BrN2O2. The number of aryl methyl sites for hydroxylation is 1. The van der Waals surface area contributed by atoms with Crippen LogP contribution in [0.2, 0.25) is 0 Å².